The van der Waals surface area contributed by atoms with Gasteiger partial charge in [-0.2, -0.15) is 0 Å². The zero-order chi connectivity index (χ0) is 21.5. The molecular weight excluding hydrogens is 388 g/mol. The number of esters is 1. The molecule has 1 saturated heterocycles. The second-order valence-electron chi connectivity index (χ2n) is 6.71. The molecule has 8 heteroatoms. The number of rotatable bonds is 7. The van der Waals surface area contributed by atoms with E-state index in [4.69, 9.17) is 18.9 Å². The first-order valence-corrected chi connectivity index (χ1v) is 9.61. The van der Waals surface area contributed by atoms with E-state index in [9.17, 15) is 9.59 Å². The lowest BCUT2D eigenvalue weighted by molar-refractivity contribution is -0.134. The van der Waals surface area contributed by atoms with Gasteiger partial charge in [-0.3, -0.25) is 4.79 Å². The van der Waals surface area contributed by atoms with Crippen LogP contribution in [0.1, 0.15) is 10.4 Å². The van der Waals surface area contributed by atoms with Gasteiger partial charge in [-0.05, 0) is 36.4 Å². The third kappa shape index (κ3) is 4.94. The van der Waals surface area contributed by atoms with Crippen molar-refractivity contribution in [3.05, 3.63) is 48.0 Å². The molecule has 0 radical (unpaired) electrons. The van der Waals surface area contributed by atoms with Crippen molar-refractivity contribution in [1.29, 1.82) is 0 Å². The van der Waals surface area contributed by atoms with Gasteiger partial charge in [-0.1, -0.05) is 0 Å². The van der Waals surface area contributed by atoms with Crippen LogP contribution >= 0.6 is 0 Å². The zero-order valence-corrected chi connectivity index (χ0v) is 17.4. The third-order valence-electron chi connectivity index (χ3n) is 5.03. The minimum absolute atomic E-state index is 0.217. The molecule has 1 aliphatic rings. The molecule has 0 spiro atoms. The van der Waals surface area contributed by atoms with Crippen LogP contribution in [0.25, 0.3) is 0 Å². The Kier molecular flexibility index (Phi) is 7.00. The molecule has 1 fully saturated rings. The standard InChI is InChI=1S/C22H26N2O6/c1-27-17-6-4-16(5-7-17)23-10-12-24(13-11-23)21(25)15-30-22(26)19-9-8-18(28-2)14-20(19)29-3/h4-9,14H,10-13,15H2,1-3H3. The summed E-state index contributed by atoms with van der Waals surface area (Å²) in [6.45, 7) is 2.23. The predicted molar refractivity (Wildman–Crippen MR) is 112 cm³/mol. The number of carbonyl (C=O) groups excluding carboxylic acids is 2. The monoisotopic (exact) mass is 414 g/mol. The van der Waals surface area contributed by atoms with Crippen LogP contribution in [-0.4, -0.2) is 70.9 Å². The number of carbonyl (C=O) groups is 2. The maximum atomic E-state index is 12.5. The summed E-state index contributed by atoms with van der Waals surface area (Å²) in [5.41, 5.74) is 1.33. The van der Waals surface area contributed by atoms with Crippen molar-refractivity contribution in [3.63, 3.8) is 0 Å². The summed E-state index contributed by atoms with van der Waals surface area (Å²) in [6.07, 6.45) is 0. The Bertz CT molecular complexity index is 876. The fourth-order valence-corrected chi connectivity index (χ4v) is 3.27. The van der Waals surface area contributed by atoms with E-state index in [1.54, 1.807) is 30.2 Å². The highest BCUT2D eigenvalue weighted by atomic mass is 16.5. The Labute approximate surface area is 175 Å². The summed E-state index contributed by atoms with van der Waals surface area (Å²) in [7, 11) is 4.62. The van der Waals surface area contributed by atoms with Gasteiger partial charge in [0.05, 0.1) is 21.3 Å². The van der Waals surface area contributed by atoms with Crippen LogP contribution in [0.2, 0.25) is 0 Å². The quantitative estimate of drug-likeness (QED) is 0.643. The Morgan fingerprint density at radius 2 is 1.47 bits per heavy atom. The molecule has 1 aliphatic heterocycles. The minimum Gasteiger partial charge on any atom is -0.497 e. The van der Waals surface area contributed by atoms with E-state index in [1.807, 2.05) is 24.3 Å². The van der Waals surface area contributed by atoms with Crippen molar-refractivity contribution >= 4 is 17.6 Å². The van der Waals surface area contributed by atoms with Crippen molar-refractivity contribution in [3.8, 4) is 17.2 Å². The van der Waals surface area contributed by atoms with Gasteiger partial charge >= 0.3 is 5.97 Å². The van der Waals surface area contributed by atoms with Crippen LogP contribution in [0.4, 0.5) is 5.69 Å². The number of amides is 1. The molecule has 160 valence electrons. The maximum absolute atomic E-state index is 12.5. The van der Waals surface area contributed by atoms with Crippen molar-refractivity contribution in [2.75, 3.05) is 59.0 Å². The van der Waals surface area contributed by atoms with Crippen molar-refractivity contribution in [2.24, 2.45) is 0 Å². The van der Waals surface area contributed by atoms with Crippen LogP contribution in [-0.2, 0) is 9.53 Å². The molecule has 0 aliphatic carbocycles. The highest BCUT2D eigenvalue weighted by molar-refractivity contribution is 5.94. The number of anilines is 1. The summed E-state index contributed by atoms with van der Waals surface area (Å²) in [6, 6.07) is 12.6. The molecule has 0 N–H and O–H groups in total. The Morgan fingerprint density at radius 1 is 0.833 bits per heavy atom. The number of hydrogen-bond acceptors (Lipinski definition) is 7. The van der Waals surface area contributed by atoms with E-state index in [1.165, 1.54) is 14.2 Å². The lowest BCUT2D eigenvalue weighted by atomic mass is 10.2. The van der Waals surface area contributed by atoms with Crippen LogP contribution in [0.15, 0.2) is 42.5 Å². The van der Waals surface area contributed by atoms with Gasteiger partial charge in [0.15, 0.2) is 6.61 Å². The summed E-state index contributed by atoms with van der Waals surface area (Å²) in [5.74, 6) is 0.877. The Morgan fingerprint density at radius 3 is 2.07 bits per heavy atom. The van der Waals surface area contributed by atoms with Gasteiger partial charge in [0, 0.05) is 37.9 Å². The van der Waals surface area contributed by atoms with E-state index in [0.717, 1.165) is 11.4 Å². The van der Waals surface area contributed by atoms with Crippen molar-refractivity contribution in [1.82, 2.24) is 4.90 Å². The van der Waals surface area contributed by atoms with Crippen molar-refractivity contribution in [2.45, 2.75) is 0 Å². The Balaban J connectivity index is 1.50. The highest BCUT2D eigenvalue weighted by Crippen LogP contribution is 2.25. The first-order valence-electron chi connectivity index (χ1n) is 9.61. The van der Waals surface area contributed by atoms with Gasteiger partial charge in [0.25, 0.3) is 5.91 Å². The first-order chi connectivity index (χ1) is 14.5. The highest BCUT2D eigenvalue weighted by Gasteiger charge is 2.23. The van der Waals surface area contributed by atoms with Crippen LogP contribution in [0.5, 0.6) is 17.2 Å². The average Bonchev–Trinajstić information content (AvgIpc) is 2.82. The van der Waals surface area contributed by atoms with Crippen molar-refractivity contribution < 1.29 is 28.5 Å². The second kappa shape index (κ2) is 9.87. The molecule has 0 atom stereocenters. The molecule has 0 bridgehead atoms. The zero-order valence-electron chi connectivity index (χ0n) is 17.4. The van der Waals surface area contributed by atoms with Gasteiger partial charge in [0.2, 0.25) is 0 Å². The minimum atomic E-state index is -0.611. The fourth-order valence-electron chi connectivity index (χ4n) is 3.27. The van der Waals surface area contributed by atoms with Gasteiger partial charge < -0.3 is 28.7 Å². The fraction of sp³-hybridized carbons (Fsp3) is 0.364. The van der Waals surface area contributed by atoms with Crippen LogP contribution in [0, 0.1) is 0 Å². The smallest absolute Gasteiger partial charge is 0.342 e. The maximum Gasteiger partial charge on any atom is 0.342 e. The first kappa shape index (κ1) is 21.3. The molecule has 0 unspecified atom stereocenters. The van der Waals surface area contributed by atoms with E-state index >= 15 is 0 Å². The normalized spacial score (nSPS) is 13.6. The van der Waals surface area contributed by atoms with Gasteiger partial charge in [-0.25, -0.2) is 4.79 Å². The van der Waals surface area contributed by atoms with E-state index in [2.05, 4.69) is 4.90 Å². The number of methoxy groups -OCH3 is 3. The molecule has 0 aromatic heterocycles. The topological polar surface area (TPSA) is 77.5 Å². The molecule has 2 aromatic rings. The summed E-state index contributed by atoms with van der Waals surface area (Å²) < 4.78 is 20.7. The summed E-state index contributed by atoms with van der Waals surface area (Å²) >= 11 is 0. The number of benzene rings is 2. The van der Waals surface area contributed by atoms with E-state index in [-0.39, 0.29) is 18.1 Å². The molecule has 3 rings (SSSR count). The number of nitrogens with zero attached hydrogens (tertiary/aromatic N) is 2. The SMILES string of the molecule is COc1ccc(N2CCN(C(=O)COC(=O)c3ccc(OC)cc3OC)CC2)cc1. The lowest BCUT2D eigenvalue weighted by Gasteiger charge is -2.36. The molecule has 30 heavy (non-hydrogen) atoms. The van der Waals surface area contributed by atoms with E-state index < -0.39 is 5.97 Å². The largest absolute Gasteiger partial charge is 0.497 e. The lowest BCUT2D eigenvalue weighted by Crippen LogP contribution is -2.49. The number of piperazine rings is 1. The third-order valence-corrected chi connectivity index (χ3v) is 5.03. The molecule has 1 amide bonds. The average molecular weight is 414 g/mol. The Hall–Kier alpha value is -3.42. The predicted octanol–water partition coefficient (Wildman–Crippen LogP) is 2.22. The summed E-state index contributed by atoms with van der Waals surface area (Å²) in [5, 5.41) is 0. The second-order valence-corrected chi connectivity index (χ2v) is 6.71. The van der Waals surface area contributed by atoms with Crippen LogP contribution in [0.3, 0.4) is 0 Å². The van der Waals surface area contributed by atoms with Gasteiger partial charge in [0.1, 0.15) is 22.8 Å². The number of hydrogen-bond donors (Lipinski definition) is 0. The summed E-state index contributed by atoms with van der Waals surface area (Å²) in [4.78, 5) is 28.8. The molecule has 2 aromatic carbocycles. The molecule has 8 nitrogen and oxygen atoms in total. The number of ether oxygens (including phenoxy) is 4. The van der Waals surface area contributed by atoms with Gasteiger partial charge in [-0.15, -0.1) is 0 Å². The molecular formula is C22H26N2O6. The van der Waals surface area contributed by atoms with E-state index in [0.29, 0.717) is 37.7 Å². The molecule has 0 saturated carbocycles. The molecule has 1 heterocycles. The van der Waals surface area contributed by atoms with Crippen LogP contribution < -0.4 is 19.1 Å².